The van der Waals surface area contributed by atoms with Crippen LogP contribution in [0.2, 0.25) is 0 Å². The highest BCUT2D eigenvalue weighted by atomic mass is 32.2. The van der Waals surface area contributed by atoms with Crippen molar-refractivity contribution in [3.63, 3.8) is 0 Å². The second-order valence-corrected chi connectivity index (χ2v) is 12.1. The zero-order chi connectivity index (χ0) is 23.5. The molecule has 2 aromatic carbocycles. The largest absolute Gasteiger partial charge is 0.363 e. The highest BCUT2D eigenvalue weighted by Crippen LogP contribution is 2.38. The Morgan fingerprint density at radius 2 is 1.82 bits per heavy atom. The Morgan fingerprint density at radius 1 is 1.09 bits per heavy atom. The van der Waals surface area contributed by atoms with Gasteiger partial charge in [-0.1, -0.05) is 12.1 Å². The summed E-state index contributed by atoms with van der Waals surface area (Å²) in [5.74, 6) is -0.755. The number of carbonyl (C=O) groups is 1. The van der Waals surface area contributed by atoms with Crippen molar-refractivity contribution in [3.8, 4) is 11.1 Å². The van der Waals surface area contributed by atoms with Crippen LogP contribution in [0.15, 0.2) is 46.8 Å². The summed E-state index contributed by atoms with van der Waals surface area (Å²) < 4.78 is 49.9. The molecule has 1 aliphatic carbocycles. The van der Waals surface area contributed by atoms with Crippen molar-refractivity contribution in [3.05, 3.63) is 47.7 Å². The SMILES string of the molecule is O=C1COC2(CCN(S(=O)(=O)c3ccc(-c4ccc5scnc5c4)cc3F)CC2)CN1C1CC1. The van der Waals surface area contributed by atoms with Crippen LogP contribution >= 0.6 is 11.3 Å². The van der Waals surface area contributed by atoms with Gasteiger partial charge in [0, 0.05) is 19.1 Å². The highest BCUT2D eigenvalue weighted by molar-refractivity contribution is 7.89. The molecule has 2 saturated heterocycles. The third-order valence-corrected chi connectivity index (χ3v) is 9.86. The Morgan fingerprint density at radius 3 is 2.56 bits per heavy atom. The van der Waals surface area contributed by atoms with E-state index < -0.39 is 21.4 Å². The summed E-state index contributed by atoms with van der Waals surface area (Å²) in [6.45, 7) is 1.02. The molecular formula is C24H24FN3O4S2. The maximum atomic E-state index is 15.1. The molecule has 2 aliphatic heterocycles. The molecule has 1 amide bonds. The van der Waals surface area contributed by atoms with E-state index in [1.807, 2.05) is 23.1 Å². The van der Waals surface area contributed by atoms with Crippen molar-refractivity contribution in [1.29, 1.82) is 0 Å². The summed E-state index contributed by atoms with van der Waals surface area (Å²) in [5, 5.41) is 0. The zero-order valence-electron chi connectivity index (χ0n) is 18.4. The topological polar surface area (TPSA) is 79.8 Å². The third kappa shape index (κ3) is 3.82. The number of ether oxygens (including phenoxy) is 1. The predicted molar refractivity (Wildman–Crippen MR) is 126 cm³/mol. The monoisotopic (exact) mass is 501 g/mol. The molecule has 6 rings (SSSR count). The molecular weight excluding hydrogens is 477 g/mol. The predicted octanol–water partition coefficient (Wildman–Crippen LogP) is 3.65. The fraction of sp³-hybridized carbons (Fsp3) is 0.417. The number of hydrogen-bond donors (Lipinski definition) is 0. The first-order chi connectivity index (χ1) is 16.3. The van der Waals surface area contributed by atoms with Gasteiger partial charge in [0.2, 0.25) is 15.9 Å². The fourth-order valence-electron chi connectivity index (χ4n) is 4.96. The molecule has 178 valence electrons. The van der Waals surface area contributed by atoms with Crippen molar-refractivity contribution in [2.45, 2.75) is 42.2 Å². The van der Waals surface area contributed by atoms with E-state index in [1.165, 1.54) is 27.8 Å². The van der Waals surface area contributed by atoms with Crippen LogP contribution in [0, 0.1) is 5.82 Å². The number of halogens is 1. The molecule has 10 heteroatoms. The minimum Gasteiger partial charge on any atom is -0.363 e. The maximum Gasteiger partial charge on any atom is 0.248 e. The number of benzene rings is 2. The van der Waals surface area contributed by atoms with E-state index in [0.717, 1.165) is 28.6 Å². The lowest BCUT2D eigenvalue weighted by atomic mass is 9.90. The smallest absolute Gasteiger partial charge is 0.248 e. The number of nitrogens with zero attached hydrogens (tertiary/aromatic N) is 3. The molecule has 0 unspecified atom stereocenters. The Labute approximate surface area is 201 Å². The summed E-state index contributed by atoms with van der Waals surface area (Å²) in [6.07, 6.45) is 3.01. The molecule has 3 heterocycles. The van der Waals surface area contributed by atoms with Crippen molar-refractivity contribution < 1.29 is 22.3 Å². The zero-order valence-corrected chi connectivity index (χ0v) is 20.1. The van der Waals surface area contributed by atoms with E-state index in [9.17, 15) is 13.2 Å². The summed E-state index contributed by atoms with van der Waals surface area (Å²) in [6, 6.07) is 10.2. The third-order valence-electron chi connectivity index (χ3n) is 7.12. The average Bonchev–Trinajstić information content (AvgIpc) is 3.57. The van der Waals surface area contributed by atoms with Gasteiger partial charge < -0.3 is 9.64 Å². The molecule has 1 spiro atoms. The van der Waals surface area contributed by atoms with Gasteiger partial charge in [0.1, 0.15) is 17.3 Å². The van der Waals surface area contributed by atoms with E-state index in [2.05, 4.69) is 4.98 Å². The van der Waals surface area contributed by atoms with Crippen LogP contribution in [0.4, 0.5) is 4.39 Å². The number of fused-ring (bicyclic) bond motifs is 1. The van der Waals surface area contributed by atoms with Crippen LogP contribution in [0.1, 0.15) is 25.7 Å². The van der Waals surface area contributed by atoms with E-state index in [-0.39, 0.29) is 30.5 Å². The summed E-state index contributed by atoms with van der Waals surface area (Å²) in [5.41, 5.74) is 3.45. The van der Waals surface area contributed by atoms with Gasteiger partial charge in [-0.15, -0.1) is 11.3 Å². The molecule has 1 saturated carbocycles. The Bertz CT molecular complexity index is 1380. The molecule has 0 atom stereocenters. The van der Waals surface area contributed by atoms with Gasteiger partial charge in [-0.2, -0.15) is 4.31 Å². The number of carbonyl (C=O) groups excluding carboxylic acids is 1. The van der Waals surface area contributed by atoms with E-state index >= 15 is 4.39 Å². The number of morpholine rings is 1. The molecule has 0 N–H and O–H groups in total. The lowest BCUT2D eigenvalue weighted by Gasteiger charge is -2.46. The van der Waals surface area contributed by atoms with Gasteiger partial charge in [0.05, 0.1) is 27.9 Å². The standard InChI is InChI=1S/C24H24FN3O4S2/c25-19-11-16(17-1-5-21-20(12-17)26-15-33-21)2-6-22(19)34(30,31)27-9-7-24(8-10-27)14-28(18-3-4-18)23(29)13-32-24/h1-2,5-6,11-12,15,18H,3-4,7-10,13-14H2. The molecule has 3 fully saturated rings. The van der Waals surface area contributed by atoms with Crippen molar-refractivity contribution in [2.75, 3.05) is 26.2 Å². The molecule has 0 bridgehead atoms. The summed E-state index contributed by atoms with van der Waals surface area (Å²) in [7, 11) is -3.99. The van der Waals surface area contributed by atoms with Crippen LogP contribution in [-0.2, 0) is 19.6 Å². The molecule has 3 aromatic rings. The van der Waals surface area contributed by atoms with Gasteiger partial charge in [0.25, 0.3) is 0 Å². The normalized spacial score (nSPS) is 21.4. The van der Waals surface area contributed by atoms with Gasteiger partial charge in [-0.05, 0) is 61.1 Å². The van der Waals surface area contributed by atoms with Crippen LogP contribution in [0.25, 0.3) is 21.3 Å². The van der Waals surface area contributed by atoms with Gasteiger partial charge in [0.15, 0.2) is 0 Å². The number of rotatable bonds is 4. The second kappa shape index (κ2) is 8.08. The van der Waals surface area contributed by atoms with Crippen LogP contribution in [-0.4, -0.2) is 66.4 Å². The van der Waals surface area contributed by atoms with E-state index in [4.69, 9.17) is 4.74 Å². The Balaban J connectivity index is 1.20. The average molecular weight is 502 g/mol. The Hall–Kier alpha value is -2.40. The first-order valence-electron chi connectivity index (χ1n) is 11.4. The molecule has 34 heavy (non-hydrogen) atoms. The van der Waals surface area contributed by atoms with Crippen LogP contribution in [0.5, 0.6) is 0 Å². The number of amides is 1. The molecule has 3 aliphatic rings. The minimum atomic E-state index is -3.99. The number of hydrogen-bond acceptors (Lipinski definition) is 6. The van der Waals surface area contributed by atoms with Crippen molar-refractivity contribution >= 4 is 37.5 Å². The summed E-state index contributed by atoms with van der Waals surface area (Å²) >= 11 is 1.53. The van der Waals surface area contributed by atoms with Gasteiger partial charge in [-0.3, -0.25) is 4.79 Å². The first kappa shape index (κ1) is 22.1. The number of aromatic nitrogens is 1. The van der Waals surface area contributed by atoms with Crippen LogP contribution < -0.4 is 0 Å². The summed E-state index contributed by atoms with van der Waals surface area (Å²) in [4.78, 5) is 18.1. The fourth-order valence-corrected chi connectivity index (χ4v) is 7.11. The van der Waals surface area contributed by atoms with E-state index in [1.54, 1.807) is 11.6 Å². The quantitative estimate of drug-likeness (QED) is 0.545. The molecule has 7 nitrogen and oxygen atoms in total. The second-order valence-electron chi connectivity index (χ2n) is 9.31. The van der Waals surface area contributed by atoms with Gasteiger partial charge in [-0.25, -0.2) is 17.8 Å². The van der Waals surface area contributed by atoms with E-state index in [0.29, 0.717) is 31.0 Å². The minimum absolute atomic E-state index is 0.0132. The number of thiazole rings is 1. The number of sulfonamides is 1. The maximum absolute atomic E-state index is 15.1. The molecule has 1 aromatic heterocycles. The number of piperidine rings is 1. The highest BCUT2D eigenvalue weighted by Gasteiger charge is 2.47. The lowest BCUT2D eigenvalue weighted by Crippen LogP contribution is -2.59. The molecule has 0 radical (unpaired) electrons. The van der Waals surface area contributed by atoms with Crippen molar-refractivity contribution in [1.82, 2.24) is 14.2 Å². The Kier molecular flexibility index (Phi) is 5.25. The first-order valence-corrected chi connectivity index (χ1v) is 13.7. The van der Waals surface area contributed by atoms with Crippen LogP contribution in [0.3, 0.4) is 0 Å². The van der Waals surface area contributed by atoms with Crippen molar-refractivity contribution in [2.24, 2.45) is 0 Å². The van der Waals surface area contributed by atoms with Gasteiger partial charge >= 0.3 is 0 Å². The lowest BCUT2D eigenvalue weighted by molar-refractivity contribution is -0.170.